The van der Waals surface area contributed by atoms with Crippen LogP contribution in [0.25, 0.3) is 0 Å². The third-order valence-electron chi connectivity index (χ3n) is 2.84. The summed E-state index contributed by atoms with van der Waals surface area (Å²) in [6.45, 7) is 0.745. The molecule has 5 heteroatoms. The Balaban J connectivity index is 1.72. The Morgan fingerprint density at radius 1 is 1.37 bits per heavy atom. The van der Waals surface area contributed by atoms with Crippen molar-refractivity contribution in [1.82, 2.24) is 4.98 Å². The molecule has 96 valence electrons. The molecule has 0 spiro atoms. The first-order chi connectivity index (χ1) is 9.31. The highest BCUT2D eigenvalue weighted by Gasteiger charge is 2.15. The number of carbonyl (C=O) groups excluding carboxylic acids is 1. The minimum atomic E-state index is -0.120. The lowest BCUT2D eigenvalue weighted by Crippen LogP contribution is -2.25. The van der Waals surface area contributed by atoms with Gasteiger partial charge in [0, 0.05) is 18.9 Å². The van der Waals surface area contributed by atoms with E-state index in [9.17, 15) is 4.79 Å². The molecule has 2 heterocycles. The van der Waals surface area contributed by atoms with Gasteiger partial charge in [-0.3, -0.25) is 9.78 Å². The number of aromatic nitrogens is 1. The monoisotopic (exact) mass is 255 g/mol. The fraction of sp³-hybridized carbons (Fsp3) is 0.143. The second-order valence-electron chi connectivity index (χ2n) is 4.26. The maximum atomic E-state index is 11.3. The summed E-state index contributed by atoms with van der Waals surface area (Å²) in [6.07, 6.45) is 3.50. The first kappa shape index (κ1) is 11.5. The van der Waals surface area contributed by atoms with Gasteiger partial charge in [0.15, 0.2) is 6.61 Å². The van der Waals surface area contributed by atoms with E-state index in [0.29, 0.717) is 12.3 Å². The van der Waals surface area contributed by atoms with E-state index >= 15 is 0 Å². The maximum absolute atomic E-state index is 11.3. The Kier molecular flexibility index (Phi) is 3.02. The summed E-state index contributed by atoms with van der Waals surface area (Å²) in [5.41, 5.74) is 2.75. The summed E-state index contributed by atoms with van der Waals surface area (Å²) in [7, 11) is 0. The summed E-state index contributed by atoms with van der Waals surface area (Å²) >= 11 is 0. The highest BCUT2D eigenvalue weighted by atomic mass is 16.5. The van der Waals surface area contributed by atoms with Crippen LogP contribution in [0.1, 0.15) is 5.56 Å². The van der Waals surface area contributed by atoms with Crippen molar-refractivity contribution in [2.24, 2.45) is 0 Å². The van der Waals surface area contributed by atoms with Crippen LogP contribution in [0, 0.1) is 0 Å². The van der Waals surface area contributed by atoms with Crippen LogP contribution in [0.3, 0.4) is 0 Å². The van der Waals surface area contributed by atoms with Gasteiger partial charge in [-0.15, -0.1) is 0 Å². The normalized spacial score (nSPS) is 13.2. The predicted octanol–water partition coefficient (Wildman–Crippen LogP) is 2.02. The number of nitrogens with one attached hydrogen (secondary N) is 2. The number of ether oxygens (including phenoxy) is 1. The van der Waals surface area contributed by atoms with Gasteiger partial charge in [-0.1, -0.05) is 6.07 Å². The number of hydrogen-bond acceptors (Lipinski definition) is 4. The van der Waals surface area contributed by atoms with Crippen LogP contribution in [0.4, 0.5) is 11.4 Å². The van der Waals surface area contributed by atoms with E-state index in [1.807, 2.05) is 30.3 Å². The van der Waals surface area contributed by atoms with Crippen LogP contribution >= 0.6 is 0 Å². The number of rotatable bonds is 3. The van der Waals surface area contributed by atoms with Crippen LogP contribution in [-0.2, 0) is 11.3 Å². The minimum absolute atomic E-state index is 0.0836. The van der Waals surface area contributed by atoms with E-state index in [1.165, 1.54) is 0 Å². The molecule has 0 fully saturated rings. The van der Waals surface area contributed by atoms with Gasteiger partial charge < -0.3 is 15.4 Å². The highest BCUT2D eigenvalue weighted by molar-refractivity contribution is 5.95. The Labute approximate surface area is 110 Å². The second kappa shape index (κ2) is 4.97. The van der Waals surface area contributed by atoms with Gasteiger partial charge in [-0.05, 0) is 29.8 Å². The Morgan fingerprint density at radius 3 is 3.16 bits per heavy atom. The average molecular weight is 255 g/mol. The van der Waals surface area contributed by atoms with Gasteiger partial charge in [0.2, 0.25) is 0 Å². The van der Waals surface area contributed by atoms with Crippen LogP contribution in [0.2, 0.25) is 0 Å². The van der Waals surface area contributed by atoms with Gasteiger partial charge in [-0.2, -0.15) is 0 Å². The molecule has 0 saturated heterocycles. The number of pyridine rings is 1. The molecule has 2 aromatic rings. The number of hydrogen-bond donors (Lipinski definition) is 2. The summed E-state index contributed by atoms with van der Waals surface area (Å²) in [4.78, 5) is 15.3. The van der Waals surface area contributed by atoms with Crippen LogP contribution in [0.15, 0.2) is 42.7 Å². The SMILES string of the molecule is O=C1COc2ccc(CNc3cccnc3)cc2N1. The van der Waals surface area contributed by atoms with Gasteiger partial charge in [0.05, 0.1) is 11.4 Å². The van der Waals surface area contributed by atoms with E-state index in [2.05, 4.69) is 15.6 Å². The van der Waals surface area contributed by atoms with Crippen molar-refractivity contribution in [1.29, 1.82) is 0 Å². The fourth-order valence-electron chi connectivity index (χ4n) is 1.91. The zero-order valence-electron chi connectivity index (χ0n) is 10.2. The molecule has 1 aromatic heterocycles. The van der Waals surface area contributed by atoms with Crippen molar-refractivity contribution in [3.63, 3.8) is 0 Å². The van der Waals surface area contributed by atoms with Crippen LogP contribution in [-0.4, -0.2) is 17.5 Å². The molecular formula is C14H13N3O2. The average Bonchev–Trinajstić information content (AvgIpc) is 2.46. The number of carbonyl (C=O) groups is 1. The predicted molar refractivity (Wildman–Crippen MR) is 72.1 cm³/mol. The molecule has 0 bridgehead atoms. The Hall–Kier alpha value is -2.56. The molecule has 0 saturated carbocycles. The van der Waals surface area contributed by atoms with Crippen molar-refractivity contribution >= 4 is 17.3 Å². The van der Waals surface area contributed by atoms with Gasteiger partial charge >= 0.3 is 0 Å². The lowest BCUT2D eigenvalue weighted by atomic mass is 10.1. The molecule has 2 N–H and O–H groups in total. The van der Waals surface area contributed by atoms with Crippen molar-refractivity contribution in [2.75, 3.05) is 17.2 Å². The second-order valence-corrected chi connectivity index (χ2v) is 4.26. The summed E-state index contributed by atoms with van der Waals surface area (Å²) in [5, 5.41) is 6.06. The maximum Gasteiger partial charge on any atom is 0.262 e. The molecular weight excluding hydrogens is 242 g/mol. The molecule has 1 aliphatic rings. The molecule has 1 aliphatic heterocycles. The first-order valence-electron chi connectivity index (χ1n) is 6.01. The molecule has 19 heavy (non-hydrogen) atoms. The first-order valence-corrected chi connectivity index (χ1v) is 6.01. The van der Waals surface area contributed by atoms with E-state index in [1.54, 1.807) is 12.4 Å². The van der Waals surface area contributed by atoms with E-state index in [4.69, 9.17) is 4.74 Å². The molecule has 0 aliphatic carbocycles. The third-order valence-corrected chi connectivity index (χ3v) is 2.84. The molecule has 1 amide bonds. The molecule has 3 rings (SSSR count). The summed E-state index contributed by atoms with van der Waals surface area (Å²) in [6, 6.07) is 9.59. The molecule has 5 nitrogen and oxygen atoms in total. The van der Waals surface area contributed by atoms with Crippen LogP contribution in [0.5, 0.6) is 5.75 Å². The summed E-state index contributed by atoms with van der Waals surface area (Å²) < 4.78 is 5.31. The van der Waals surface area contributed by atoms with Crippen molar-refractivity contribution < 1.29 is 9.53 Å². The van der Waals surface area contributed by atoms with Crippen molar-refractivity contribution in [3.8, 4) is 5.75 Å². The Bertz CT molecular complexity index is 599. The summed E-state index contributed by atoms with van der Waals surface area (Å²) in [5.74, 6) is 0.592. The number of anilines is 2. The van der Waals surface area contributed by atoms with Crippen molar-refractivity contribution in [2.45, 2.75) is 6.54 Å². The van der Waals surface area contributed by atoms with Gasteiger partial charge in [0.25, 0.3) is 5.91 Å². The van der Waals surface area contributed by atoms with Gasteiger partial charge in [-0.25, -0.2) is 0 Å². The fourth-order valence-corrected chi connectivity index (χ4v) is 1.91. The lowest BCUT2D eigenvalue weighted by molar-refractivity contribution is -0.118. The molecule has 1 aromatic carbocycles. The third kappa shape index (κ3) is 2.65. The quantitative estimate of drug-likeness (QED) is 0.880. The van der Waals surface area contributed by atoms with E-state index in [-0.39, 0.29) is 12.5 Å². The van der Waals surface area contributed by atoms with Crippen molar-refractivity contribution in [3.05, 3.63) is 48.3 Å². The highest BCUT2D eigenvalue weighted by Crippen LogP contribution is 2.28. The number of fused-ring (bicyclic) bond motifs is 1. The largest absolute Gasteiger partial charge is 0.482 e. The van der Waals surface area contributed by atoms with Crippen LogP contribution < -0.4 is 15.4 Å². The standard InChI is InChI=1S/C14H13N3O2/c18-14-9-19-13-4-3-10(6-12(13)17-14)7-16-11-2-1-5-15-8-11/h1-6,8,16H,7,9H2,(H,17,18). The Morgan fingerprint density at radius 2 is 2.32 bits per heavy atom. The topological polar surface area (TPSA) is 63.2 Å². The van der Waals surface area contributed by atoms with Gasteiger partial charge in [0.1, 0.15) is 5.75 Å². The smallest absolute Gasteiger partial charge is 0.262 e. The zero-order chi connectivity index (χ0) is 13.1. The molecule has 0 unspecified atom stereocenters. The number of nitrogens with zero attached hydrogens (tertiary/aromatic N) is 1. The number of benzene rings is 1. The zero-order valence-corrected chi connectivity index (χ0v) is 10.2. The van der Waals surface area contributed by atoms with E-state index in [0.717, 1.165) is 16.9 Å². The minimum Gasteiger partial charge on any atom is -0.482 e. The molecule has 0 radical (unpaired) electrons. The molecule has 0 atom stereocenters. The van der Waals surface area contributed by atoms with E-state index < -0.39 is 0 Å². The lowest BCUT2D eigenvalue weighted by Gasteiger charge is -2.18. The number of amides is 1.